The van der Waals surface area contributed by atoms with Gasteiger partial charge in [-0.2, -0.15) is 0 Å². The molecule has 1 aliphatic carbocycles. The van der Waals surface area contributed by atoms with Crippen molar-refractivity contribution >= 4 is 0 Å². The first-order valence-corrected chi connectivity index (χ1v) is 9.11. The summed E-state index contributed by atoms with van der Waals surface area (Å²) in [6, 6.07) is 0.811. The van der Waals surface area contributed by atoms with Crippen LogP contribution >= 0.6 is 0 Å². The van der Waals surface area contributed by atoms with Crippen LogP contribution in [0.1, 0.15) is 65.7 Å². The van der Waals surface area contributed by atoms with Crippen LogP contribution in [0.2, 0.25) is 0 Å². The summed E-state index contributed by atoms with van der Waals surface area (Å²) >= 11 is 0. The highest BCUT2D eigenvalue weighted by Gasteiger charge is 2.22. The molecule has 0 unspecified atom stereocenters. The minimum absolute atomic E-state index is 0.811. The zero-order valence-corrected chi connectivity index (χ0v) is 14.0. The highest BCUT2D eigenvalue weighted by Crippen LogP contribution is 2.29. The maximum absolute atomic E-state index is 3.80. The second kappa shape index (κ2) is 8.38. The fourth-order valence-electron chi connectivity index (χ4n) is 3.88. The summed E-state index contributed by atoms with van der Waals surface area (Å²) in [5, 5.41) is 3.80. The Morgan fingerprint density at radius 1 is 1.00 bits per heavy atom. The molecule has 1 aliphatic heterocycles. The molecule has 0 radical (unpaired) electrons. The Bertz CT molecular complexity index is 248. The van der Waals surface area contributed by atoms with E-state index in [2.05, 4.69) is 31.0 Å². The summed E-state index contributed by atoms with van der Waals surface area (Å²) in [6.07, 6.45) is 9.85. The van der Waals surface area contributed by atoms with E-state index >= 15 is 0 Å². The molecule has 0 aromatic heterocycles. The second-order valence-electron chi connectivity index (χ2n) is 7.69. The van der Waals surface area contributed by atoms with Crippen molar-refractivity contribution in [2.45, 2.75) is 71.8 Å². The smallest absolute Gasteiger partial charge is 0.00672 e. The highest BCUT2D eigenvalue weighted by molar-refractivity contribution is 4.78. The molecule has 1 saturated heterocycles. The second-order valence-corrected chi connectivity index (χ2v) is 7.69. The van der Waals surface area contributed by atoms with Gasteiger partial charge in [0.25, 0.3) is 0 Å². The molecule has 0 aromatic rings. The largest absolute Gasteiger partial charge is 0.314 e. The third kappa shape index (κ3) is 5.37. The zero-order chi connectivity index (χ0) is 14.4. The average molecular weight is 281 g/mol. The molecule has 1 saturated carbocycles. The zero-order valence-electron chi connectivity index (χ0n) is 14.0. The fourth-order valence-corrected chi connectivity index (χ4v) is 3.88. The van der Waals surface area contributed by atoms with E-state index in [1.54, 1.807) is 0 Å². The van der Waals surface area contributed by atoms with E-state index in [4.69, 9.17) is 0 Å². The van der Waals surface area contributed by atoms with Crippen molar-refractivity contribution in [2.75, 3.05) is 26.2 Å². The van der Waals surface area contributed by atoms with Crippen LogP contribution in [0.3, 0.4) is 0 Å². The summed E-state index contributed by atoms with van der Waals surface area (Å²) < 4.78 is 0. The molecule has 0 aromatic carbocycles. The fraction of sp³-hybridized carbons (Fsp3) is 1.00. The number of rotatable bonds is 6. The van der Waals surface area contributed by atoms with Gasteiger partial charge in [-0.1, -0.05) is 20.8 Å². The van der Waals surface area contributed by atoms with E-state index in [0.717, 1.165) is 23.8 Å². The first kappa shape index (κ1) is 16.3. The average Bonchev–Trinajstić information content (AvgIpc) is 2.46. The molecule has 20 heavy (non-hydrogen) atoms. The lowest BCUT2D eigenvalue weighted by Gasteiger charge is -2.32. The number of piperidine rings is 1. The van der Waals surface area contributed by atoms with Gasteiger partial charge in [0.05, 0.1) is 0 Å². The van der Waals surface area contributed by atoms with Gasteiger partial charge in [-0.15, -0.1) is 0 Å². The predicted octanol–water partition coefficient (Wildman–Crippen LogP) is 3.91. The number of hydrogen-bond donors (Lipinski definition) is 1. The van der Waals surface area contributed by atoms with Crippen LogP contribution in [0.15, 0.2) is 0 Å². The Labute approximate surface area is 126 Å². The third-order valence-electron chi connectivity index (χ3n) is 5.68. The minimum Gasteiger partial charge on any atom is -0.314 e. The lowest BCUT2D eigenvalue weighted by atomic mass is 9.80. The first-order chi connectivity index (χ1) is 9.65. The van der Waals surface area contributed by atoms with Crippen molar-refractivity contribution in [1.29, 1.82) is 0 Å². The molecule has 118 valence electrons. The molecular weight excluding hydrogens is 244 g/mol. The van der Waals surface area contributed by atoms with Crippen LogP contribution in [0.25, 0.3) is 0 Å². The van der Waals surface area contributed by atoms with E-state index in [1.165, 1.54) is 71.1 Å². The van der Waals surface area contributed by atoms with Crippen molar-refractivity contribution < 1.29 is 0 Å². The Kier molecular flexibility index (Phi) is 6.83. The lowest BCUT2D eigenvalue weighted by Crippen LogP contribution is -2.37. The van der Waals surface area contributed by atoms with E-state index in [1.807, 2.05) is 0 Å². The quantitative estimate of drug-likeness (QED) is 0.742. The van der Waals surface area contributed by atoms with E-state index in [-0.39, 0.29) is 0 Å². The summed E-state index contributed by atoms with van der Waals surface area (Å²) in [7, 11) is 0. The van der Waals surface area contributed by atoms with Gasteiger partial charge in [0, 0.05) is 6.04 Å². The molecule has 2 aliphatic rings. The van der Waals surface area contributed by atoms with Gasteiger partial charge < -0.3 is 10.2 Å². The summed E-state index contributed by atoms with van der Waals surface area (Å²) in [5.41, 5.74) is 0. The standard InChI is InChI=1S/C18H36N2/c1-15(2)17-5-7-18(8-6-17)19-11-4-12-20-13-9-16(3)10-14-20/h15-19H,4-14H2,1-3H3. The van der Waals surface area contributed by atoms with Gasteiger partial charge in [0.2, 0.25) is 0 Å². The van der Waals surface area contributed by atoms with Gasteiger partial charge in [0.15, 0.2) is 0 Å². The maximum atomic E-state index is 3.80. The summed E-state index contributed by atoms with van der Waals surface area (Å²) in [4.78, 5) is 2.66. The first-order valence-electron chi connectivity index (χ1n) is 9.11. The Balaban J connectivity index is 1.49. The van der Waals surface area contributed by atoms with Crippen LogP contribution in [-0.2, 0) is 0 Å². The third-order valence-corrected chi connectivity index (χ3v) is 5.68. The molecule has 0 spiro atoms. The Hall–Kier alpha value is -0.0800. The van der Waals surface area contributed by atoms with Gasteiger partial charge in [-0.25, -0.2) is 0 Å². The molecular formula is C18H36N2. The summed E-state index contributed by atoms with van der Waals surface area (Å²) in [5.74, 6) is 2.83. The van der Waals surface area contributed by atoms with Gasteiger partial charge >= 0.3 is 0 Å². The van der Waals surface area contributed by atoms with Gasteiger partial charge in [-0.05, 0) is 88.9 Å². The van der Waals surface area contributed by atoms with Crippen molar-refractivity contribution in [3.8, 4) is 0 Å². The maximum Gasteiger partial charge on any atom is 0.00672 e. The van der Waals surface area contributed by atoms with E-state index in [9.17, 15) is 0 Å². The molecule has 1 heterocycles. The van der Waals surface area contributed by atoms with Crippen LogP contribution in [0, 0.1) is 17.8 Å². The van der Waals surface area contributed by atoms with Crippen LogP contribution < -0.4 is 5.32 Å². The molecule has 2 fully saturated rings. The van der Waals surface area contributed by atoms with E-state index < -0.39 is 0 Å². The van der Waals surface area contributed by atoms with E-state index in [0.29, 0.717) is 0 Å². The van der Waals surface area contributed by atoms with Gasteiger partial charge in [0.1, 0.15) is 0 Å². The highest BCUT2D eigenvalue weighted by atomic mass is 15.1. The molecule has 2 rings (SSSR count). The van der Waals surface area contributed by atoms with Gasteiger partial charge in [-0.3, -0.25) is 0 Å². The van der Waals surface area contributed by atoms with Crippen LogP contribution in [0.5, 0.6) is 0 Å². The molecule has 0 amide bonds. The lowest BCUT2D eigenvalue weighted by molar-refractivity contribution is 0.187. The van der Waals surface area contributed by atoms with Crippen molar-refractivity contribution in [3.05, 3.63) is 0 Å². The topological polar surface area (TPSA) is 15.3 Å². The number of nitrogens with one attached hydrogen (secondary N) is 1. The predicted molar refractivity (Wildman–Crippen MR) is 88.0 cm³/mol. The molecule has 1 N–H and O–H groups in total. The Morgan fingerprint density at radius 2 is 1.65 bits per heavy atom. The Morgan fingerprint density at radius 3 is 2.25 bits per heavy atom. The SMILES string of the molecule is CC1CCN(CCCNC2CCC(C(C)C)CC2)CC1. The summed E-state index contributed by atoms with van der Waals surface area (Å²) in [6.45, 7) is 12.4. The van der Waals surface area contributed by atoms with Crippen molar-refractivity contribution in [2.24, 2.45) is 17.8 Å². The van der Waals surface area contributed by atoms with Crippen LogP contribution in [-0.4, -0.2) is 37.1 Å². The molecule has 0 atom stereocenters. The van der Waals surface area contributed by atoms with Crippen LogP contribution in [0.4, 0.5) is 0 Å². The monoisotopic (exact) mass is 280 g/mol. The molecule has 2 nitrogen and oxygen atoms in total. The minimum atomic E-state index is 0.811. The number of hydrogen-bond acceptors (Lipinski definition) is 2. The van der Waals surface area contributed by atoms with Crippen molar-refractivity contribution in [1.82, 2.24) is 10.2 Å². The number of nitrogens with zero attached hydrogens (tertiary/aromatic N) is 1. The molecule has 0 bridgehead atoms. The normalized spacial score (nSPS) is 30.0. The van der Waals surface area contributed by atoms with Crippen molar-refractivity contribution in [3.63, 3.8) is 0 Å². The molecule has 2 heteroatoms. The number of likely N-dealkylation sites (tertiary alicyclic amines) is 1.